The molecule has 0 bridgehead atoms. The number of H-pyrrole nitrogens is 1. The molecule has 95 heavy (non-hydrogen) atoms. The van der Waals surface area contributed by atoms with Crippen LogP contribution in [0.3, 0.4) is 0 Å². The van der Waals surface area contributed by atoms with Gasteiger partial charge >= 0.3 is 17.9 Å². The van der Waals surface area contributed by atoms with E-state index >= 15 is 0 Å². The lowest BCUT2D eigenvalue weighted by Crippen LogP contribution is -2.61. The van der Waals surface area contributed by atoms with E-state index in [1.54, 1.807) is 18.4 Å². The van der Waals surface area contributed by atoms with E-state index in [0.717, 1.165) is 0 Å². The van der Waals surface area contributed by atoms with Crippen LogP contribution in [0, 0.1) is 5.92 Å². The number of imidazole rings is 1. The summed E-state index contributed by atoms with van der Waals surface area (Å²) >= 11 is 9.74. The van der Waals surface area contributed by atoms with Crippen molar-refractivity contribution in [1.82, 2.24) is 63.1 Å². The fourth-order valence-corrected chi connectivity index (χ4v) is 9.97. The maximum Gasteiger partial charge on any atom is 0.326 e. The summed E-state index contributed by atoms with van der Waals surface area (Å²) in [6, 6.07) is 1.36. The Morgan fingerprint density at radius 2 is 0.905 bits per heavy atom. The van der Waals surface area contributed by atoms with Crippen LogP contribution in [-0.4, -0.2) is 208 Å². The summed E-state index contributed by atoms with van der Waals surface area (Å²) in [4.78, 5) is 181. The number of thioether (sulfide) groups is 1. The topological polar surface area (TPSA) is 518 Å². The van der Waals surface area contributed by atoms with Crippen molar-refractivity contribution < 1.29 is 93.0 Å². The van der Waals surface area contributed by atoms with Crippen LogP contribution >= 0.6 is 37.0 Å². The number of nitrogens with two attached hydrogens (primary N) is 1. The minimum Gasteiger partial charge on any atom is -0.508 e. The molecule has 1 aromatic heterocycles. The Labute approximate surface area is 559 Å². The fourth-order valence-electron chi connectivity index (χ4n) is 8.99. The van der Waals surface area contributed by atoms with Crippen molar-refractivity contribution in [2.75, 3.05) is 30.1 Å². The molecule has 0 radical (unpaired) electrons. The highest BCUT2D eigenvalue weighted by Crippen LogP contribution is 2.16. The van der Waals surface area contributed by atoms with Gasteiger partial charge in [-0.3, -0.25) is 57.5 Å². The van der Waals surface area contributed by atoms with Crippen LogP contribution in [0.1, 0.15) is 61.9 Å². The van der Waals surface area contributed by atoms with E-state index in [0.29, 0.717) is 16.7 Å². The number of nitrogens with one attached hydrogen (secondary N) is 11. The molecular formula is C60H79N13O19S3. The van der Waals surface area contributed by atoms with Gasteiger partial charge in [0.15, 0.2) is 0 Å². The Kier molecular flexibility index (Phi) is 32.1. The summed E-state index contributed by atoms with van der Waals surface area (Å²) in [5.41, 5.74) is 7.62. The van der Waals surface area contributed by atoms with E-state index in [9.17, 15) is 93.0 Å². The maximum atomic E-state index is 14.5. The maximum absolute atomic E-state index is 14.5. The van der Waals surface area contributed by atoms with Crippen LogP contribution < -0.4 is 58.9 Å². The number of thiol groups is 2. The molecule has 3 aromatic carbocycles. The Hall–Kier alpha value is -9.61. The monoisotopic (exact) mass is 1380 g/mol. The number of carbonyl (C=O) groups excluding carboxylic acids is 10. The average molecular weight is 1380 g/mol. The van der Waals surface area contributed by atoms with Gasteiger partial charge in [0.25, 0.3) is 0 Å². The molecule has 0 unspecified atom stereocenters. The molecule has 10 amide bonds. The van der Waals surface area contributed by atoms with E-state index in [1.807, 2.05) is 0 Å². The zero-order valence-electron chi connectivity index (χ0n) is 51.7. The van der Waals surface area contributed by atoms with Gasteiger partial charge in [-0.1, -0.05) is 50.2 Å². The molecule has 4 aromatic rings. The number of carboxylic acid groups (broad SMARTS) is 3. The number of aromatic amines is 1. The largest absolute Gasteiger partial charge is 0.508 e. The number of amides is 10. The lowest BCUT2D eigenvalue weighted by molar-refractivity contribution is -0.143. The molecule has 0 saturated carbocycles. The number of hydrogen-bond donors (Lipinski definition) is 20. The van der Waals surface area contributed by atoms with Crippen molar-refractivity contribution in [3.63, 3.8) is 0 Å². The summed E-state index contributed by atoms with van der Waals surface area (Å²) in [6.45, 7) is 2.31. The minimum absolute atomic E-state index is 0.00972. The molecule has 10 atom stereocenters. The lowest BCUT2D eigenvalue weighted by atomic mass is 10.0. The van der Waals surface area contributed by atoms with Gasteiger partial charge in [0.2, 0.25) is 59.1 Å². The number of aromatic hydroxyl groups is 3. The highest BCUT2D eigenvalue weighted by Gasteiger charge is 2.37. The van der Waals surface area contributed by atoms with E-state index in [-0.39, 0.29) is 60.8 Å². The third-order valence-electron chi connectivity index (χ3n) is 14.2. The van der Waals surface area contributed by atoms with Crippen LogP contribution in [0.4, 0.5) is 0 Å². The van der Waals surface area contributed by atoms with Crippen LogP contribution in [-0.2, 0) is 88.0 Å². The second-order valence-electron chi connectivity index (χ2n) is 22.0. The van der Waals surface area contributed by atoms with Gasteiger partial charge < -0.3 is 94.5 Å². The van der Waals surface area contributed by atoms with Crippen molar-refractivity contribution in [2.24, 2.45) is 11.7 Å². The normalized spacial score (nSPS) is 14.2. The summed E-state index contributed by atoms with van der Waals surface area (Å²) in [6.07, 6.45) is 1.20. The second kappa shape index (κ2) is 39.2. The molecule has 0 aliphatic rings. The molecule has 0 aliphatic heterocycles. The van der Waals surface area contributed by atoms with Gasteiger partial charge in [-0.25, -0.2) is 9.78 Å². The molecule has 19 N–H and O–H groups in total. The first kappa shape index (κ1) is 77.8. The van der Waals surface area contributed by atoms with Gasteiger partial charge in [-0.2, -0.15) is 37.0 Å². The molecule has 35 heteroatoms. The van der Waals surface area contributed by atoms with Gasteiger partial charge in [0.05, 0.1) is 31.0 Å². The fraction of sp³-hybridized carbons (Fsp3) is 0.433. The molecule has 1 heterocycles. The number of hydrogen-bond acceptors (Lipinski definition) is 21. The number of phenols is 3. The van der Waals surface area contributed by atoms with Crippen molar-refractivity contribution in [2.45, 2.75) is 126 Å². The number of aromatic nitrogens is 2. The minimum atomic E-state index is -1.89. The Morgan fingerprint density at radius 1 is 0.495 bits per heavy atom. The first-order valence-corrected chi connectivity index (χ1v) is 32.1. The summed E-state index contributed by atoms with van der Waals surface area (Å²) in [5, 5.41) is 82.6. The summed E-state index contributed by atoms with van der Waals surface area (Å²) in [7, 11) is 0. The SMILES string of the molecule is CSCC[C@H](NC(=O)[C@H](Cc1ccc(O)cc1)NC(=O)[C@H](CS)NC(=O)[C@H](Cc1c[nH]cn1)NC(=O)[C@H](CCC(=O)O)NC(=O)CNC(=O)[C@@H](N)Cc1ccc(O)cc1)C(=O)N[C@@H](CS)C(=O)N[C@@H](CC(=O)O)C(=O)N[C@H](C(=O)N[C@@H](Cc1ccc(O)cc1)C(=O)O)C(C)C. The first-order chi connectivity index (χ1) is 45.0. The highest BCUT2D eigenvalue weighted by atomic mass is 32.2. The predicted octanol–water partition coefficient (Wildman–Crippen LogP) is -2.70. The molecule has 516 valence electrons. The molecule has 0 saturated heterocycles. The summed E-state index contributed by atoms with van der Waals surface area (Å²) in [5.74, 6) is -16.1. The zero-order valence-corrected chi connectivity index (χ0v) is 54.3. The molecular weight excluding hydrogens is 1300 g/mol. The Bertz CT molecular complexity index is 3290. The number of benzene rings is 3. The first-order valence-electron chi connectivity index (χ1n) is 29.4. The second-order valence-corrected chi connectivity index (χ2v) is 23.7. The third kappa shape index (κ3) is 27.1. The average Bonchev–Trinajstić information content (AvgIpc) is 1.34. The van der Waals surface area contributed by atoms with Crippen LogP contribution in [0.15, 0.2) is 85.3 Å². The van der Waals surface area contributed by atoms with Crippen LogP contribution in [0.5, 0.6) is 17.2 Å². The standard InChI is InChI=1S/C60H79N13O19S3/c1-30(2)50(59(90)70-44(60(91)92)22-33-8-14-37(76)15-9-33)73-56(87)43(24-49(80)81)69-58(89)45(27-93)71-53(84)40(18-19-95-3)66-54(85)41(21-32-6-12-36(75)13-7-32)67-57(88)46(28-94)72-55(86)42(23-34-25-62-29-64-34)68-52(83)39(16-17-48(78)79)65-47(77)26-63-51(82)38(61)20-31-4-10-35(74)11-5-31/h4-15,25,29-30,38-46,50,74-76,93-94H,16-24,26-28,61H2,1-3H3,(H,62,64)(H,63,82)(H,65,77)(H,66,85)(H,67,88)(H,68,83)(H,69,89)(H,70,90)(H,71,84)(H,72,86)(H,73,87)(H,78,79)(H,80,81)(H,91,92)/t38-,39-,40-,41-,42-,43-,44-,45-,46-,50-/m0/s1. The molecule has 0 aliphatic carbocycles. The molecule has 4 rings (SSSR count). The molecule has 0 spiro atoms. The summed E-state index contributed by atoms with van der Waals surface area (Å²) < 4.78 is 0. The highest BCUT2D eigenvalue weighted by molar-refractivity contribution is 7.98. The van der Waals surface area contributed by atoms with E-state index in [2.05, 4.69) is 88.4 Å². The lowest BCUT2D eigenvalue weighted by Gasteiger charge is -2.28. The van der Waals surface area contributed by atoms with Gasteiger partial charge in [0.1, 0.15) is 71.6 Å². The van der Waals surface area contributed by atoms with Gasteiger partial charge in [-0.15, -0.1) is 0 Å². The number of aliphatic carboxylic acids is 3. The van der Waals surface area contributed by atoms with Crippen LogP contribution in [0.2, 0.25) is 0 Å². The van der Waals surface area contributed by atoms with E-state index in [1.165, 1.54) is 98.8 Å². The number of rotatable bonds is 40. The quantitative estimate of drug-likeness (QED) is 0.0201. The van der Waals surface area contributed by atoms with Crippen molar-refractivity contribution in [3.05, 3.63) is 108 Å². The van der Waals surface area contributed by atoms with Crippen LogP contribution in [0.25, 0.3) is 0 Å². The van der Waals surface area contributed by atoms with Crippen molar-refractivity contribution >= 4 is 114 Å². The van der Waals surface area contributed by atoms with Crippen molar-refractivity contribution in [1.29, 1.82) is 0 Å². The third-order valence-corrected chi connectivity index (χ3v) is 15.6. The smallest absolute Gasteiger partial charge is 0.326 e. The number of nitrogens with zero attached hydrogens (tertiary/aromatic N) is 1. The molecule has 0 fully saturated rings. The zero-order chi connectivity index (χ0) is 70.5. The predicted molar refractivity (Wildman–Crippen MR) is 348 cm³/mol. The number of carboxylic acids is 3. The molecule has 32 nitrogen and oxygen atoms in total. The Morgan fingerprint density at radius 3 is 1.35 bits per heavy atom. The van der Waals surface area contributed by atoms with E-state index < -0.39 is 181 Å². The van der Waals surface area contributed by atoms with Gasteiger partial charge in [0, 0.05) is 43.4 Å². The van der Waals surface area contributed by atoms with Crippen molar-refractivity contribution in [3.8, 4) is 17.2 Å². The number of carbonyl (C=O) groups is 13. The van der Waals surface area contributed by atoms with Gasteiger partial charge in [-0.05, 0) is 90.3 Å². The van der Waals surface area contributed by atoms with E-state index in [4.69, 9.17) is 5.73 Å². The number of phenolic OH excluding ortho intramolecular Hbond substituents is 3. The Balaban J connectivity index is 1.51.